The molecule has 0 amide bonds. The van der Waals surface area contributed by atoms with Crippen LogP contribution in [0.25, 0.3) is 0 Å². The molecule has 0 fully saturated rings. The molecule has 0 aliphatic heterocycles. The molecule has 0 unspecified atom stereocenters. The maximum absolute atomic E-state index is 10.3. The molecule has 7 nitrogen and oxygen atoms in total. The van der Waals surface area contributed by atoms with Crippen molar-refractivity contribution in [2.45, 2.75) is 20.8 Å². The number of benzene rings is 1. The summed E-state index contributed by atoms with van der Waals surface area (Å²) in [5.41, 5.74) is 3.89. The van der Waals surface area contributed by atoms with E-state index in [4.69, 9.17) is 24.5 Å². The van der Waals surface area contributed by atoms with Gasteiger partial charge in [-0.05, 0) is 44.6 Å². The number of aryl methyl sites for hydroxylation is 1. The quantitative estimate of drug-likeness (QED) is 0.329. The Morgan fingerprint density at radius 1 is 0.963 bits per heavy atom. The zero-order valence-electron chi connectivity index (χ0n) is 15.5. The van der Waals surface area contributed by atoms with Crippen LogP contribution in [-0.4, -0.2) is 52.3 Å². The van der Waals surface area contributed by atoms with Crippen LogP contribution in [0.1, 0.15) is 29.8 Å². The molecule has 0 aromatic heterocycles. The van der Waals surface area contributed by atoms with Crippen molar-refractivity contribution in [3.63, 3.8) is 0 Å². The molecule has 145 valence electrons. The van der Waals surface area contributed by atoms with E-state index in [2.05, 4.69) is 5.73 Å². The molecule has 1 aromatic rings. The van der Waals surface area contributed by atoms with Gasteiger partial charge in [0.1, 0.15) is 5.76 Å². The normalized spacial score (nSPS) is 10.0. The second-order valence-corrected chi connectivity index (χ2v) is 4.53. The molecule has 8 heteroatoms. The third-order valence-corrected chi connectivity index (χ3v) is 2.29. The molecule has 1 aliphatic rings. The Hall–Kier alpha value is -2.39. The Labute approximate surface area is 178 Å². The average molecular weight is 568 g/mol. The maximum Gasteiger partial charge on any atom is 0.105 e. The fraction of sp³-hybridized carbons (Fsp3) is 0.211. The number of aromatic carboxylic acids is 1. The van der Waals surface area contributed by atoms with E-state index >= 15 is 0 Å². The van der Waals surface area contributed by atoms with E-state index in [1.54, 1.807) is 32.2 Å². The first-order chi connectivity index (χ1) is 12.1. The van der Waals surface area contributed by atoms with Crippen LogP contribution in [-0.2, 0) is 14.3 Å². The van der Waals surface area contributed by atoms with Crippen LogP contribution in [0.5, 0.6) is 0 Å². The molecule has 2 rings (SSSR count). The SMILES string of the molecule is CC(=O)[O-].CC(=O)[O-].COC1=CC=C=C[CH]1.Cc1ccccc1C(=O)[O-].[Pb]. The molecule has 0 atom stereocenters. The molecule has 0 heterocycles. The van der Waals surface area contributed by atoms with E-state index < -0.39 is 17.9 Å². The van der Waals surface area contributed by atoms with Crippen LogP contribution in [0.15, 0.2) is 54.0 Å². The van der Waals surface area contributed by atoms with Crippen LogP contribution in [0, 0.1) is 13.3 Å². The predicted molar refractivity (Wildman–Crippen MR) is 94.7 cm³/mol. The minimum atomic E-state index is -1.11. The molecule has 0 saturated heterocycles. The minimum Gasteiger partial charge on any atom is -0.550 e. The van der Waals surface area contributed by atoms with E-state index in [0.29, 0.717) is 0 Å². The fourth-order valence-corrected chi connectivity index (χ4v) is 1.31. The summed E-state index contributed by atoms with van der Waals surface area (Å²) in [5, 5.41) is 28.1. The third kappa shape index (κ3) is 21.6. The van der Waals surface area contributed by atoms with Crippen molar-refractivity contribution in [2.75, 3.05) is 7.11 Å². The Morgan fingerprint density at radius 3 is 1.70 bits per heavy atom. The average Bonchev–Trinajstić information content (AvgIpc) is 2.55. The van der Waals surface area contributed by atoms with Crippen molar-refractivity contribution >= 4 is 45.2 Å². The zero-order chi connectivity index (χ0) is 20.5. The van der Waals surface area contributed by atoms with Gasteiger partial charge in [0.15, 0.2) is 0 Å². The van der Waals surface area contributed by atoms with Crippen LogP contribution >= 0.6 is 0 Å². The van der Waals surface area contributed by atoms with Crippen molar-refractivity contribution in [3.8, 4) is 0 Å². The van der Waals surface area contributed by atoms with Crippen molar-refractivity contribution < 1.29 is 34.4 Å². The number of carboxylic acid groups (broad SMARTS) is 3. The molecule has 1 aliphatic carbocycles. The second kappa shape index (κ2) is 18.4. The number of aliphatic carboxylic acids is 2. The topological polar surface area (TPSA) is 130 Å². The number of rotatable bonds is 2. The number of carbonyl (C=O) groups is 3. The van der Waals surface area contributed by atoms with E-state index in [0.717, 1.165) is 25.2 Å². The molecule has 1 aromatic carbocycles. The number of ether oxygens (including phenoxy) is 1. The molecular formula is C19H20O7Pb-3. The Morgan fingerprint density at radius 2 is 1.44 bits per heavy atom. The summed E-state index contributed by atoms with van der Waals surface area (Å²) >= 11 is 0. The van der Waals surface area contributed by atoms with Gasteiger partial charge in [-0.25, -0.2) is 0 Å². The molecule has 0 saturated carbocycles. The number of hydrogen-bond donors (Lipinski definition) is 0. The van der Waals surface area contributed by atoms with Gasteiger partial charge in [-0.3, -0.25) is 0 Å². The van der Waals surface area contributed by atoms with Crippen molar-refractivity contribution in [1.29, 1.82) is 0 Å². The van der Waals surface area contributed by atoms with Gasteiger partial charge in [-0.2, -0.15) is 0 Å². The van der Waals surface area contributed by atoms with Crippen molar-refractivity contribution in [1.82, 2.24) is 0 Å². The monoisotopic (exact) mass is 568 g/mol. The van der Waals surface area contributed by atoms with E-state index in [9.17, 15) is 9.90 Å². The number of allylic oxidation sites excluding steroid dienone is 2. The minimum absolute atomic E-state index is 0. The first-order valence-corrected chi connectivity index (χ1v) is 7.24. The number of carboxylic acids is 3. The van der Waals surface area contributed by atoms with Gasteiger partial charge in [0, 0.05) is 44.8 Å². The second-order valence-electron chi connectivity index (χ2n) is 4.53. The van der Waals surface area contributed by atoms with Crippen molar-refractivity contribution in [2.24, 2.45) is 0 Å². The summed E-state index contributed by atoms with van der Waals surface area (Å²) in [7, 11) is 1.65. The first kappa shape index (κ1) is 29.4. The fourth-order valence-electron chi connectivity index (χ4n) is 1.31. The molecular weight excluding hydrogens is 547 g/mol. The van der Waals surface area contributed by atoms with E-state index in [-0.39, 0.29) is 32.9 Å². The first-order valence-electron chi connectivity index (χ1n) is 7.24. The van der Waals surface area contributed by atoms with Crippen molar-refractivity contribution in [3.05, 3.63) is 71.5 Å². The number of hydrogen-bond acceptors (Lipinski definition) is 7. The van der Waals surface area contributed by atoms with Crippen LogP contribution in [0.2, 0.25) is 0 Å². The van der Waals surface area contributed by atoms with Gasteiger partial charge < -0.3 is 34.4 Å². The molecule has 27 heavy (non-hydrogen) atoms. The Bertz CT molecular complexity index is 667. The summed E-state index contributed by atoms with van der Waals surface area (Å²) in [5.74, 6) is -2.40. The smallest absolute Gasteiger partial charge is 0.105 e. The van der Waals surface area contributed by atoms with Gasteiger partial charge in [0.05, 0.1) is 19.5 Å². The Balaban J connectivity index is -0.000000305. The van der Waals surface area contributed by atoms with Gasteiger partial charge in [0.25, 0.3) is 0 Å². The molecule has 5 radical (unpaired) electrons. The van der Waals surface area contributed by atoms with Crippen LogP contribution in [0.4, 0.5) is 0 Å². The zero-order valence-corrected chi connectivity index (χ0v) is 19.4. The van der Waals surface area contributed by atoms with Crippen LogP contribution < -0.4 is 15.3 Å². The predicted octanol–water partition coefficient (Wildman–Crippen LogP) is -1.06. The summed E-state index contributed by atoms with van der Waals surface area (Å²) in [6.07, 6.45) is 7.36. The Kier molecular flexibility index (Phi) is 20.0. The maximum atomic E-state index is 10.3. The van der Waals surface area contributed by atoms with E-state index in [1.165, 1.54) is 6.07 Å². The van der Waals surface area contributed by atoms with E-state index in [1.807, 2.05) is 24.6 Å². The van der Waals surface area contributed by atoms with Gasteiger partial charge >= 0.3 is 0 Å². The molecule has 0 bridgehead atoms. The summed E-state index contributed by atoms with van der Waals surface area (Å²) < 4.78 is 4.89. The summed E-state index contributed by atoms with van der Waals surface area (Å²) in [6, 6.07) is 6.75. The van der Waals surface area contributed by atoms with Crippen LogP contribution in [0.3, 0.4) is 0 Å². The van der Waals surface area contributed by atoms with Gasteiger partial charge in [-0.15, -0.1) is 5.73 Å². The molecule has 0 N–H and O–H groups in total. The number of carbonyl (C=O) groups excluding carboxylic acids is 3. The largest absolute Gasteiger partial charge is 0.550 e. The number of methoxy groups -OCH3 is 1. The van der Waals surface area contributed by atoms with Gasteiger partial charge in [-0.1, -0.05) is 24.3 Å². The summed E-state index contributed by atoms with van der Waals surface area (Å²) in [6.45, 7) is 3.69. The van der Waals surface area contributed by atoms with Gasteiger partial charge in [0.2, 0.25) is 0 Å². The molecule has 0 spiro atoms. The third-order valence-electron chi connectivity index (χ3n) is 2.29. The standard InChI is InChI=1S/C8H8O2.C7H7O.2C2H4O2.Pb/c1-6-4-2-3-5-7(6)8(9)10;1-8-7-5-3-2-4-6-7;2*1-2(3)4;/h2-5H,1H3,(H,9,10);3-6H,1H3;2*1H3,(H,3,4);/p-3. The summed E-state index contributed by atoms with van der Waals surface area (Å²) in [4.78, 5) is 28.1.